The quantitative estimate of drug-likeness (QED) is 0.495. The Balaban J connectivity index is 1.53. The lowest BCUT2D eigenvalue weighted by atomic mass is 9.70. The zero-order chi connectivity index (χ0) is 19.3. The third kappa shape index (κ3) is 3.20. The van der Waals surface area contributed by atoms with Gasteiger partial charge in [0.2, 0.25) is 0 Å². The van der Waals surface area contributed by atoms with Gasteiger partial charge in [-0.15, -0.1) is 0 Å². The molecule has 0 radical (unpaired) electrons. The SMILES string of the molecule is O=C(COC(=O)C(F)(F)S(=O)(=O)O)OCC12CC(O)C3CCC1CC3C2. The van der Waals surface area contributed by atoms with Gasteiger partial charge in [-0.3, -0.25) is 4.55 Å². The summed E-state index contributed by atoms with van der Waals surface area (Å²) in [4.78, 5) is 22.7. The minimum atomic E-state index is -5.99. The van der Waals surface area contributed by atoms with Gasteiger partial charge in [-0.2, -0.15) is 17.2 Å². The van der Waals surface area contributed by atoms with Crippen LogP contribution >= 0.6 is 0 Å². The van der Waals surface area contributed by atoms with Crippen molar-refractivity contribution in [2.45, 2.75) is 43.5 Å². The summed E-state index contributed by atoms with van der Waals surface area (Å²) in [5.74, 6) is -2.66. The maximum Gasteiger partial charge on any atom is 0.465 e. The second kappa shape index (κ2) is 6.38. The van der Waals surface area contributed by atoms with Crippen molar-refractivity contribution < 1.29 is 45.9 Å². The average Bonchev–Trinajstić information content (AvgIpc) is 2.67. The third-order valence-electron chi connectivity index (χ3n) is 6.09. The molecule has 11 heteroatoms. The highest BCUT2D eigenvalue weighted by atomic mass is 32.2. The van der Waals surface area contributed by atoms with Crippen molar-refractivity contribution in [1.82, 2.24) is 0 Å². The van der Waals surface area contributed by atoms with Gasteiger partial charge in [0.25, 0.3) is 0 Å². The van der Waals surface area contributed by atoms with Gasteiger partial charge in [0.1, 0.15) is 0 Å². The van der Waals surface area contributed by atoms with Crippen LogP contribution in [0.5, 0.6) is 0 Å². The lowest BCUT2D eigenvalue weighted by Crippen LogP contribution is -2.41. The third-order valence-corrected chi connectivity index (χ3v) is 6.90. The molecule has 0 heterocycles. The lowest BCUT2D eigenvalue weighted by Gasteiger charge is -2.38. The van der Waals surface area contributed by atoms with Gasteiger partial charge in [-0.05, 0) is 49.9 Å². The molecule has 2 N–H and O–H groups in total. The molecule has 26 heavy (non-hydrogen) atoms. The maximum atomic E-state index is 13.0. The molecule has 3 saturated carbocycles. The first kappa shape index (κ1) is 19.4. The van der Waals surface area contributed by atoms with Crippen LogP contribution in [0.15, 0.2) is 0 Å². The zero-order valence-electron chi connectivity index (χ0n) is 13.8. The number of hydrogen-bond donors (Lipinski definition) is 2. The normalized spacial score (nSPS) is 36.0. The van der Waals surface area contributed by atoms with Crippen molar-refractivity contribution in [3.05, 3.63) is 0 Å². The van der Waals surface area contributed by atoms with Crippen molar-refractivity contribution in [1.29, 1.82) is 0 Å². The lowest BCUT2D eigenvalue weighted by molar-refractivity contribution is -0.171. The Morgan fingerprint density at radius 1 is 1.19 bits per heavy atom. The number of carbonyl (C=O) groups is 2. The highest BCUT2D eigenvalue weighted by Crippen LogP contribution is 2.63. The van der Waals surface area contributed by atoms with Crippen molar-refractivity contribution in [3.63, 3.8) is 0 Å². The van der Waals surface area contributed by atoms with Crippen LogP contribution in [0.4, 0.5) is 8.78 Å². The zero-order valence-corrected chi connectivity index (χ0v) is 14.6. The summed E-state index contributed by atoms with van der Waals surface area (Å²) in [6.07, 6.45) is 3.72. The van der Waals surface area contributed by atoms with E-state index >= 15 is 0 Å². The van der Waals surface area contributed by atoms with Gasteiger partial charge in [-0.1, -0.05) is 0 Å². The molecule has 0 aromatic carbocycles. The molecule has 8 nitrogen and oxygen atoms in total. The molecule has 3 rings (SSSR count). The van der Waals surface area contributed by atoms with E-state index in [2.05, 4.69) is 4.74 Å². The summed E-state index contributed by atoms with van der Waals surface area (Å²) in [6.45, 7) is -1.21. The molecule has 0 spiro atoms. The molecule has 0 aliphatic heterocycles. The molecule has 3 bridgehead atoms. The topological polar surface area (TPSA) is 127 Å². The van der Waals surface area contributed by atoms with Crippen molar-refractivity contribution in [2.75, 3.05) is 13.2 Å². The van der Waals surface area contributed by atoms with E-state index in [1.165, 1.54) is 0 Å². The van der Waals surface area contributed by atoms with E-state index < -0.39 is 40.0 Å². The number of aliphatic hydroxyl groups is 1. The van der Waals surface area contributed by atoms with E-state index in [0.29, 0.717) is 18.3 Å². The summed E-state index contributed by atoms with van der Waals surface area (Å²) in [6, 6.07) is 0. The Morgan fingerprint density at radius 2 is 1.88 bits per heavy atom. The number of fused-ring (bicyclic) bond motifs is 3. The molecule has 5 unspecified atom stereocenters. The van der Waals surface area contributed by atoms with Gasteiger partial charge >= 0.3 is 27.3 Å². The Morgan fingerprint density at radius 3 is 2.54 bits per heavy atom. The number of esters is 2. The minimum Gasteiger partial charge on any atom is -0.463 e. The molecule has 148 valence electrons. The largest absolute Gasteiger partial charge is 0.465 e. The number of halogens is 2. The van der Waals surface area contributed by atoms with Crippen LogP contribution in [0, 0.1) is 23.2 Å². The first-order valence-corrected chi connectivity index (χ1v) is 9.76. The Kier molecular flexibility index (Phi) is 4.77. The maximum absolute atomic E-state index is 13.0. The molecule has 5 atom stereocenters. The van der Waals surface area contributed by atoms with Crippen LogP contribution in [-0.4, -0.2) is 54.6 Å². The van der Waals surface area contributed by atoms with Crippen molar-refractivity contribution >= 4 is 22.1 Å². The molecule has 3 aliphatic rings. The Labute approximate surface area is 148 Å². The van der Waals surface area contributed by atoms with E-state index in [0.717, 1.165) is 25.7 Å². The van der Waals surface area contributed by atoms with Gasteiger partial charge in [-0.25, -0.2) is 9.59 Å². The number of aliphatic hydroxyl groups excluding tert-OH is 1. The molecular weight excluding hydrogens is 378 g/mol. The molecule has 0 aromatic rings. The van der Waals surface area contributed by atoms with Gasteiger partial charge in [0, 0.05) is 5.41 Å². The van der Waals surface area contributed by atoms with Crippen molar-refractivity contribution in [3.8, 4) is 0 Å². The summed E-state index contributed by atoms with van der Waals surface area (Å²) in [5, 5.41) is 5.12. The molecule has 0 saturated heterocycles. The fraction of sp³-hybridized carbons (Fsp3) is 0.867. The van der Waals surface area contributed by atoms with Crippen LogP contribution in [0.25, 0.3) is 0 Å². The number of alkyl halides is 2. The van der Waals surface area contributed by atoms with Crippen LogP contribution in [0.3, 0.4) is 0 Å². The number of ether oxygens (including phenoxy) is 2. The number of carbonyl (C=O) groups excluding carboxylic acids is 2. The Hall–Kier alpha value is -1.33. The number of hydrogen-bond acceptors (Lipinski definition) is 7. The summed E-state index contributed by atoms with van der Waals surface area (Å²) in [7, 11) is -5.99. The number of rotatable bonds is 6. The molecule has 3 fully saturated rings. The summed E-state index contributed by atoms with van der Waals surface area (Å²) in [5.41, 5.74) is -0.352. The molecular formula is C15H20F2O8S. The van der Waals surface area contributed by atoms with Crippen LogP contribution in [0.2, 0.25) is 0 Å². The van der Waals surface area contributed by atoms with E-state index in [9.17, 15) is 31.9 Å². The highest BCUT2D eigenvalue weighted by molar-refractivity contribution is 7.87. The summed E-state index contributed by atoms with van der Waals surface area (Å²) < 4.78 is 64.2. The predicted molar refractivity (Wildman–Crippen MR) is 80.4 cm³/mol. The highest BCUT2D eigenvalue weighted by Gasteiger charge is 2.59. The van der Waals surface area contributed by atoms with E-state index in [1.54, 1.807) is 0 Å². The van der Waals surface area contributed by atoms with Gasteiger partial charge in [0.15, 0.2) is 6.61 Å². The standard InChI is InChI=1S/C15H20F2O8S/c16-15(17,26(21,22)23)13(20)24-6-12(19)25-7-14-4-8-3-9(14)1-2-10(8)11(18)5-14/h8-11,18H,1-7H2,(H,21,22,23). The fourth-order valence-electron chi connectivity index (χ4n) is 4.91. The first-order valence-electron chi connectivity index (χ1n) is 8.32. The second-order valence-electron chi connectivity index (χ2n) is 7.50. The van der Waals surface area contributed by atoms with Gasteiger partial charge in [0.05, 0.1) is 12.7 Å². The predicted octanol–water partition coefficient (Wildman–Crippen LogP) is 0.741. The Bertz CT molecular complexity index is 708. The van der Waals surface area contributed by atoms with E-state index in [1.807, 2.05) is 0 Å². The first-order chi connectivity index (χ1) is 12.0. The monoisotopic (exact) mass is 398 g/mol. The minimum absolute atomic E-state index is 0.0109. The molecule has 0 amide bonds. The van der Waals surface area contributed by atoms with Crippen molar-refractivity contribution in [2.24, 2.45) is 23.2 Å². The molecule has 3 aliphatic carbocycles. The van der Waals surface area contributed by atoms with E-state index in [4.69, 9.17) is 9.29 Å². The summed E-state index contributed by atoms with van der Waals surface area (Å²) >= 11 is 0. The second-order valence-corrected chi connectivity index (χ2v) is 8.96. The van der Waals surface area contributed by atoms with Crippen LogP contribution < -0.4 is 0 Å². The average molecular weight is 398 g/mol. The fourth-order valence-corrected chi connectivity index (χ4v) is 5.18. The van der Waals surface area contributed by atoms with E-state index in [-0.39, 0.29) is 17.9 Å². The molecule has 0 aromatic heterocycles. The smallest absolute Gasteiger partial charge is 0.463 e. The van der Waals surface area contributed by atoms with Crippen LogP contribution in [-0.2, 0) is 29.2 Å². The van der Waals surface area contributed by atoms with Gasteiger partial charge < -0.3 is 14.6 Å². The van der Waals surface area contributed by atoms with Crippen LogP contribution in [0.1, 0.15) is 32.1 Å².